The van der Waals surface area contributed by atoms with E-state index >= 15 is 0 Å². The molecular formula is C43H43N3O. The van der Waals surface area contributed by atoms with E-state index in [1.54, 1.807) is 0 Å². The minimum atomic E-state index is -0.116. The number of aromatic nitrogens is 3. The summed E-state index contributed by atoms with van der Waals surface area (Å²) in [7, 11) is 0. The molecule has 4 nitrogen and oxygen atoms in total. The van der Waals surface area contributed by atoms with Gasteiger partial charge < -0.3 is 4.42 Å². The topological polar surface area (TPSA) is 43.9 Å². The third-order valence-corrected chi connectivity index (χ3v) is 10.1. The van der Waals surface area contributed by atoms with Crippen molar-refractivity contribution in [2.75, 3.05) is 0 Å². The lowest BCUT2D eigenvalue weighted by Crippen LogP contribution is -2.16. The minimum absolute atomic E-state index is 0.116. The Morgan fingerprint density at radius 3 is 2.36 bits per heavy atom. The number of imidazole rings is 1. The summed E-state index contributed by atoms with van der Waals surface area (Å²) >= 11 is 0. The molecule has 0 spiro atoms. The summed E-state index contributed by atoms with van der Waals surface area (Å²) in [5.41, 5.74) is 11.8. The predicted octanol–water partition coefficient (Wildman–Crippen LogP) is 11.8. The number of hydrogen-bond donors (Lipinski definition) is 0. The number of hydrogen-bond acceptors (Lipinski definition) is 3. The first-order valence-electron chi connectivity index (χ1n) is 17.3. The van der Waals surface area contributed by atoms with Crippen LogP contribution in [0.25, 0.3) is 61.3 Å². The Kier molecular flexibility index (Phi) is 7.28. The molecule has 1 aliphatic carbocycles. The molecule has 0 N–H and O–H groups in total. The molecule has 0 radical (unpaired) electrons. The maximum Gasteiger partial charge on any atom is 0.227 e. The van der Waals surface area contributed by atoms with Gasteiger partial charge in [-0.15, -0.1) is 0 Å². The second-order valence-electron chi connectivity index (χ2n) is 14.8. The number of para-hydroxylation sites is 1. The van der Waals surface area contributed by atoms with Crippen molar-refractivity contribution in [3.63, 3.8) is 0 Å². The number of rotatable bonds is 6. The molecule has 3 aromatic heterocycles. The van der Waals surface area contributed by atoms with Crippen molar-refractivity contribution in [1.29, 1.82) is 0 Å². The van der Waals surface area contributed by atoms with E-state index < -0.39 is 0 Å². The van der Waals surface area contributed by atoms with E-state index in [4.69, 9.17) is 14.4 Å². The molecule has 236 valence electrons. The van der Waals surface area contributed by atoms with Gasteiger partial charge in [0.15, 0.2) is 0 Å². The lowest BCUT2D eigenvalue weighted by molar-refractivity contribution is 0.537. The number of fused-ring (bicyclic) bond motifs is 4. The van der Waals surface area contributed by atoms with Gasteiger partial charge in [-0.3, -0.25) is 4.57 Å². The van der Waals surface area contributed by atoms with Gasteiger partial charge in [-0.1, -0.05) is 115 Å². The van der Waals surface area contributed by atoms with E-state index in [2.05, 4.69) is 136 Å². The lowest BCUT2D eigenvalue weighted by atomic mass is 9.83. The van der Waals surface area contributed by atoms with Gasteiger partial charge in [0.1, 0.15) is 11.4 Å². The van der Waals surface area contributed by atoms with Crippen LogP contribution in [0.1, 0.15) is 83.0 Å². The van der Waals surface area contributed by atoms with Crippen LogP contribution in [0.4, 0.5) is 0 Å². The first kappa shape index (κ1) is 29.7. The van der Waals surface area contributed by atoms with Crippen LogP contribution < -0.4 is 0 Å². The van der Waals surface area contributed by atoms with Crippen molar-refractivity contribution in [3.05, 3.63) is 114 Å². The summed E-state index contributed by atoms with van der Waals surface area (Å²) in [5.74, 6) is 2.02. The molecular weight excluding hydrogens is 574 g/mol. The Morgan fingerprint density at radius 2 is 1.60 bits per heavy atom. The zero-order valence-corrected chi connectivity index (χ0v) is 28.2. The molecule has 0 amide bonds. The second-order valence-corrected chi connectivity index (χ2v) is 14.8. The van der Waals surface area contributed by atoms with Crippen LogP contribution >= 0.6 is 0 Å². The summed E-state index contributed by atoms with van der Waals surface area (Å²) in [6.45, 7) is 11.4. The van der Waals surface area contributed by atoms with Crippen LogP contribution in [0.2, 0.25) is 0 Å². The monoisotopic (exact) mass is 617 g/mol. The minimum Gasteiger partial charge on any atom is -0.437 e. The van der Waals surface area contributed by atoms with E-state index in [0.717, 1.165) is 68.2 Å². The number of nitrogens with zero attached hydrogens (tertiary/aromatic N) is 3. The van der Waals surface area contributed by atoms with Crippen LogP contribution in [0.3, 0.4) is 0 Å². The number of furan rings is 1. The molecule has 0 aliphatic heterocycles. The van der Waals surface area contributed by atoms with Gasteiger partial charge in [0.25, 0.3) is 0 Å². The average molecular weight is 618 g/mol. The van der Waals surface area contributed by atoms with Crippen LogP contribution in [0, 0.1) is 5.92 Å². The molecule has 1 aliphatic rings. The van der Waals surface area contributed by atoms with Gasteiger partial charge in [-0.2, -0.15) is 0 Å². The van der Waals surface area contributed by atoms with Gasteiger partial charge in [0.05, 0.1) is 22.3 Å². The van der Waals surface area contributed by atoms with Gasteiger partial charge >= 0.3 is 0 Å². The zero-order chi connectivity index (χ0) is 32.3. The lowest BCUT2D eigenvalue weighted by Gasteiger charge is -2.26. The average Bonchev–Trinajstić information content (AvgIpc) is 3.81. The summed E-state index contributed by atoms with van der Waals surface area (Å²) in [4.78, 5) is 10.4. The second kappa shape index (κ2) is 11.5. The van der Waals surface area contributed by atoms with E-state index in [-0.39, 0.29) is 5.41 Å². The normalized spacial score (nSPS) is 14.3. The Hall–Kier alpha value is -4.70. The maximum atomic E-state index is 6.70. The standard InChI is InChI=1S/C43H43N3O/c1-27(2)30-18-22-37-39(26-30)46(38-23-19-31(25-36(38)43(3,4)5)29-14-7-6-8-15-29)41(45-37)35-17-11-16-33-34-21-20-32(24-28-12-9-10-13-28)44-42(34)47-40(33)35/h6-8,11,14-23,25-28H,9-10,12-13,24H2,1-5H3. The van der Waals surface area contributed by atoms with Crippen LogP contribution in [-0.2, 0) is 11.8 Å². The van der Waals surface area contributed by atoms with Gasteiger partial charge in [0.2, 0.25) is 5.71 Å². The maximum absolute atomic E-state index is 6.70. The molecule has 3 heterocycles. The van der Waals surface area contributed by atoms with Gasteiger partial charge in [-0.25, -0.2) is 9.97 Å². The first-order chi connectivity index (χ1) is 22.7. The molecule has 7 aromatic rings. The molecule has 1 fully saturated rings. The Labute approximate surface area is 277 Å². The smallest absolute Gasteiger partial charge is 0.227 e. The third kappa shape index (κ3) is 5.34. The molecule has 0 atom stereocenters. The molecule has 47 heavy (non-hydrogen) atoms. The quantitative estimate of drug-likeness (QED) is 0.186. The van der Waals surface area contributed by atoms with Crippen molar-refractivity contribution in [3.8, 4) is 28.2 Å². The summed E-state index contributed by atoms with van der Waals surface area (Å²) < 4.78 is 9.07. The Balaban J connectivity index is 1.36. The highest BCUT2D eigenvalue weighted by molar-refractivity contribution is 6.08. The van der Waals surface area contributed by atoms with Gasteiger partial charge in [-0.05, 0) is 88.4 Å². The third-order valence-electron chi connectivity index (χ3n) is 10.1. The van der Waals surface area contributed by atoms with Crippen molar-refractivity contribution in [2.24, 2.45) is 5.92 Å². The SMILES string of the molecule is CC(C)c1ccc2nc(-c3cccc4c3oc3nc(CC5CCCC5)ccc34)n(-c3ccc(-c4ccccc4)cc3C(C)(C)C)c2c1. The molecule has 0 saturated heterocycles. The highest BCUT2D eigenvalue weighted by Gasteiger charge is 2.26. The summed E-state index contributed by atoms with van der Waals surface area (Å²) in [6, 6.07) is 35.1. The summed E-state index contributed by atoms with van der Waals surface area (Å²) in [5, 5.41) is 2.14. The van der Waals surface area contributed by atoms with Crippen molar-refractivity contribution >= 4 is 33.1 Å². The Morgan fingerprint density at radius 1 is 0.787 bits per heavy atom. The fraction of sp³-hybridized carbons (Fsp3) is 0.302. The molecule has 8 rings (SSSR count). The van der Waals surface area contributed by atoms with E-state index in [1.807, 2.05) is 0 Å². The molecule has 0 bridgehead atoms. The molecule has 1 saturated carbocycles. The largest absolute Gasteiger partial charge is 0.437 e. The number of benzene rings is 4. The van der Waals surface area contributed by atoms with Gasteiger partial charge in [0, 0.05) is 16.5 Å². The van der Waals surface area contributed by atoms with Crippen LogP contribution in [0.5, 0.6) is 0 Å². The van der Waals surface area contributed by atoms with Crippen molar-refractivity contribution in [2.45, 2.75) is 78.1 Å². The van der Waals surface area contributed by atoms with Crippen molar-refractivity contribution < 1.29 is 4.42 Å². The first-order valence-corrected chi connectivity index (χ1v) is 17.3. The van der Waals surface area contributed by atoms with E-state index in [0.29, 0.717) is 5.92 Å². The highest BCUT2D eigenvalue weighted by Crippen LogP contribution is 2.41. The molecule has 4 aromatic carbocycles. The van der Waals surface area contributed by atoms with E-state index in [1.165, 1.54) is 47.9 Å². The van der Waals surface area contributed by atoms with E-state index in [9.17, 15) is 0 Å². The Bertz CT molecular complexity index is 2240. The fourth-order valence-electron chi connectivity index (χ4n) is 7.54. The predicted molar refractivity (Wildman–Crippen MR) is 195 cm³/mol. The fourth-order valence-corrected chi connectivity index (χ4v) is 7.54. The highest BCUT2D eigenvalue weighted by atomic mass is 16.3. The molecule has 4 heteroatoms. The summed E-state index contributed by atoms with van der Waals surface area (Å²) in [6.07, 6.45) is 6.32. The van der Waals surface area contributed by atoms with Crippen molar-refractivity contribution in [1.82, 2.24) is 14.5 Å². The molecule has 0 unspecified atom stereocenters. The number of pyridine rings is 1. The van der Waals surface area contributed by atoms with Crippen LogP contribution in [-0.4, -0.2) is 14.5 Å². The zero-order valence-electron chi connectivity index (χ0n) is 28.2. The van der Waals surface area contributed by atoms with Crippen LogP contribution in [0.15, 0.2) is 101 Å².